The molecule has 2 heterocycles. The van der Waals surface area contributed by atoms with E-state index in [9.17, 15) is 4.79 Å². The molecule has 0 unspecified atom stereocenters. The van der Waals surface area contributed by atoms with Crippen LogP contribution in [0.25, 0.3) is 11.4 Å². The highest BCUT2D eigenvalue weighted by molar-refractivity contribution is 7.99. The summed E-state index contributed by atoms with van der Waals surface area (Å²) in [6.07, 6.45) is 3.08. The minimum Gasteiger partial charge on any atom is -0.343 e. The van der Waals surface area contributed by atoms with Crippen LogP contribution >= 0.6 is 11.8 Å². The van der Waals surface area contributed by atoms with Gasteiger partial charge in [-0.25, -0.2) is 0 Å². The molecule has 0 radical (unpaired) electrons. The quantitative estimate of drug-likeness (QED) is 0.843. The van der Waals surface area contributed by atoms with Crippen LogP contribution in [0.15, 0.2) is 34.9 Å². The standard InChI is InChI=1S/C17H21N3O2S/c1-20(14-9-11-23-12-10-14)16(21)8-7-15-18-17(19-22-15)13-5-3-2-4-6-13/h2-6,14H,7-12H2,1H3. The van der Waals surface area contributed by atoms with Gasteiger partial charge in [-0.05, 0) is 24.3 Å². The average Bonchev–Trinajstić information content (AvgIpc) is 3.09. The molecule has 23 heavy (non-hydrogen) atoms. The summed E-state index contributed by atoms with van der Waals surface area (Å²) in [4.78, 5) is 18.6. The molecule has 0 spiro atoms. The minimum atomic E-state index is 0.154. The molecule has 1 fully saturated rings. The molecular weight excluding hydrogens is 310 g/mol. The summed E-state index contributed by atoms with van der Waals surface area (Å²) < 4.78 is 5.26. The Morgan fingerprint density at radius 2 is 2.04 bits per heavy atom. The zero-order valence-electron chi connectivity index (χ0n) is 13.3. The lowest BCUT2D eigenvalue weighted by atomic mass is 10.1. The fourth-order valence-corrected chi connectivity index (χ4v) is 3.81. The van der Waals surface area contributed by atoms with Crippen molar-refractivity contribution < 1.29 is 9.32 Å². The zero-order chi connectivity index (χ0) is 16.1. The summed E-state index contributed by atoms with van der Waals surface area (Å²) in [5, 5.41) is 3.99. The van der Waals surface area contributed by atoms with Crippen LogP contribution in [-0.2, 0) is 11.2 Å². The molecule has 1 aliphatic rings. The third-order valence-corrected chi connectivity index (χ3v) is 5.23. The molecule has 3 rings (SSSR count). The van der Waals surface area contributed by atoms with Crippen molar-refractivity contribution in [2.75, 3.05) is 18.6 Å². The van der Waals surface area contributed by atoms with Gasteiger partial charge in [0.15, 0.2) is 0 Å². The van der Waals surface area contributed by atoms with Crippen molar-refractivity contribution in [1.82, 2.24) is 15.0 Å². The first-order valence-electron chi connectivity index (χ1n) is 7.95. The number of benzene rings is 1. The van der Waals surface area contributed by atoms with Gasteiger partial charge in [0.1, 0.15) is 0 Å². The molecule has 0 saturated carbocycles. The van der Waals surface area contributed by atoms with Gasteiger partial charge >= 0.3 is 0 Å². The SMILES string of the molecule is CN(C(=O)CCc1nc(-c2ccccc2)no1)C1CCSCC1. The van der Waals surface area contributed by atoms with Crippen molar-refractivity contribution in [3.8, 4) is 11.4 Å². The predicted molar refractivity (Wildman–Crippen MR) is 91.2 cm³/mol. The van der Waals surface area contributed by atoms with Gasteiger partial charge in [0.2, 0.25) is 17.6 Å². The van der Waals surface area contributed by atoms with Crippen LogP contribution in [0.5, 0.6) is 0 Å². The van der Waals surface area contributed by atoms with Crippen LogP contribution < -0.4 is 0 Å². The molecule has 1 aromatic carbocycles. The van der Waals surface area contributed by atoms with Gasteiger partial charge in [-0.1, -0.05) is 35.5 Å². The number of rotatable bonds is 5. The molecule has 5 nitrogen and oxygen atoms in total. The van der Waals surface area contributed by atoms with Crippen molar-refractivity contribution in [2.45, 2.75) is 31.7 Å². The maximum Gasteiger partial charge on any atom is 0.227 e. The lowest BCUT2D eigenvalue weighted by Crippen LogP contribution is -2.39. The number of amides is 1. The van der Waals surface area contributed by atoms with Crippen molar-refractivity contribution in [1.29, 1.82) is 0 Å². The molecule has 1 amide bonds. The smallest absolute Gasteiger partial charge is 0.227 e. The molecule has 2 aromatic rings. The summed E-state index contributed by atoms with van der Waals surface area (Å²) in [5.41, 5.74) is 0.922. The van der Waals surface area contributed by atoms with Gasteiger partial charge in [-0.2, -0.15) is 16.7 Å². The Kier molecular flexibility index (Phi) is 5.33. The molecule has 1 aromatic heterocycles. The number of nitrogens with zero attached hydrogens (tertiary/aromatic N) is 3. The van der Waals surface area contributed by atoms with E-state index in [2.05, 4.69) is 10.1 Å². The summed E-state index contributed by atoms with van der Waals surface area (Å²) in [5.74, 6) is 3.54. The Bertz CT molecular complexity index is 638. The second-order valence-electron chi connectivity index (χ2n) is 5.73. The lowest BCUT2D eigenvalue weighted by molar-refractivity contribution is -0.132. The van der Waals surface area contributed by atoms with Gasteiger partial charge in [0, 0.05) is 31.5 Å². The van der Waals surface area contributed by atoms with Crippen LogP contribution in [0.4, 0.5) is 0 Å². The van der Waals surface area contributed by atoms with E-state index in [0.717, 1.165) is 29.9 Å². The van der Waals surface area contributed by atoms with E-state index in [0.29, 0.717) is 30.6 Å². The number of aromatic nitrogens is 2. The van der Waals surface area contributed by atoms with E-state index in [4.69, 9.17) is 4.52 Å². The summed E-state index contributed by atoms with van der Waals surface area (Å²) in [6.45, 7) is 0. The Morgan fingerprint density at radius 1 is 1.30 bits per heavy atom. The van der Waals surface area contributed by atoms with Crippen molar-refractivity contribution >= 4 is 17.7 Å². The van der Waals surface area contributed by atoms with Gasteiger partial charge in [0.25, 0.3) is 0 Å². The Balaban J connectivity index is 1.54. The molecule has 0 N–H and O–H groups in total. The first-order valence-corrected chi connectivity index (χ1v) is 9.11. The van der Waals surface area contributed by atoms with E-state index in [-0.39, 0.29) is 5.91 Å². The van der Waals surface area contributed by atoms with Crippen LogP contribution in [0.3, 0.4) is 0 Å². The van der Waals surface area contributed by atoms with E-state index in [1.807, 2.05) is 54.0 Å². The zero-order valence-corrected chi connectivity index (χ0v) is 14.1. The fraction of sp³-hybridized carbons (Fsp3) is 0.471. The van der Waals surface area contributed by atoms with Crippen LogP contribution in [0.2, 0.25) is 0 Å². The number of aryl methyl sites for hydroxylation is 1. The van der Waals surface area contributed by atoms with Gasteiger partial charge in [-0.3, -0.25) is 4.79 Å². The number of hydrogen-bond acceptors (Lipinski definition) is 5. The van der Waals surface area contributed by atoms with Crippen molar-refractivity contribution in [3.05, 3.63) is 36.2 Å². The molecule has 0 aliphatic carbocycles. The van der Waals surface area contributed by atoms with Crippen LogP contribution in [-0.4, -0.2) is 45.5 Å². The predicted octanol–water partition coefficient (Wildman–Crippen LogP) is 3.02. The van der Waals surface area contributed by atoms with Crippen molar-refractivity contribution in [3.63, 3.8) is 0 Å². The highest BCUT2D eigenvalue weighted by Gasteiger charge is 2.22. The highest BCUT2D eigenvalue weighted by atomic mass is 32.2. The number of hydrogen-bond donors (Lipinski definition) is 0. The molecule has 6 heteroatoms. The Morgan fingerprint density at radius 3 is 2.78 bits per heavy atom. The van der Waals surface area contributed by atoms with Crippen molar-refractivity contribution in [2.24, 2.45) is 0 Å². The monoisotopic (exact) mass is 331 g/mol. The Labute approximate surface area is 140 Å². The molecule has 0 bridgehead atoms. The maximum absolute atomic E-state index is 12.3. The molecule has 0 atom stereocenters. The lowest BCUT2D eigenvalue weighted by Gasteiger charge is -2.31. The maximum atomic E-state index is 12.3. The van der Waals surface area contributed by atoms with Crippen LogP contribution in [0, 0.1) is 0 Å². The second-order valence-corrected chi connectivity index (χ2v) is 6.95. The molecule has 122 valence electrons. The first-order chi connectivity index (χ1) is 11.2. The molecule has 1 aliphatic heterocycles. The average molecular weight is 331 g/mol. The number of carbonyl (C=O) groups is 1. The van der Waals surface area contributed by atoms with Crippen LogP contribution in [0.1, 0.15) is 25.2 Å². The fourth-order valence-electron chi connectivity index (χ4n) is 2.73. The highest BCUT2D eigenvalue weighted by Crippen LogP contribution is 2.21. The molecule has 1 saturated heterocycles. The Hall–Kier alpha value is -1.82. The first kappa shape index (κ1) is 16.1. The largest absolute Gasteiger partial charge is 0.343 e. The third kappa shape index (κ3) is 4.13. The summed E-state index contributed by atoms with van der Waals surface area (Å²) in [6, 6.07) is 10.1. The summed E-state index contributed by atoms with van der Waals surface area (Å²) >= 11 is 1.97. The minimum absolute atomic E-state index is 0.154. The number of thioether (sulfide) groups is 1. The third-order valence-electron chi connectivity index (χ3n) is 4.18. The number of carbonyl (C=O) groups excluding carboxylic acids is 1. The van der Waals surface area contributed by atoms with E-state index < -0.39 is 0 Å². The topological polar surface area (TPSA) is 59.2 Å². The van der Waals surface area contributed by atoms with E-state index in [1.165, 1.54) is 0 Å². The van der Waals surface area contributed by atoms with E-state index in [1.54, 1.807) is 0 Å². The molecular formula is C17H21N3O2S. The normalized spacial score (nSPS) is 15.5. The van der Waals surface area contributed by atoms with E-state index >= 15 is 0 Å². The van der Waals surface area contributed by atoms with Gasteiger partial charge in [-0.15, -0.1) is 0 Å². The van der Waals surface area contributed by atoms with Gasteiger partial charge < -0.3 is 9.42 Å². The second kappa shape index (κ2) is 7.64. The van der Waals surface area contributed by atoms with Gasteiger partial charge in [0.05, 0.1) is 0 Å². The summed E-state index contributed by atoms with van der Waals surface area (Å²) in [7, 11) is 1.91.